The van der Waals surface area contributed by atoms with Gasteiger partial charge in [0.2, 0.25) is 0 Å². The van der Waals surface area contributed by atoms with Gasteiger partial charge in [-0.15, -0.1) is 0 Å². The van der Waals surface area contributed by atoms with Crippen LogP contribution in [0.4, 0.5) is 0 Å². The van der Waals surface area contributed by atoms with Crippen molar-refractivity contribution in [2.45, 2.75) is 0 Å². The lowest BCUT2D eigenvalue weighted by molar-refractivity contribution is 1.53. The minimum atomic E-state index is 0.616. The summed E-state index contributed by atoms with van der Waals surface area (Å²) in [4.78, 5) is 0. The molecule has 0 aromatic heterocycles. The van der Waals surface area contributed by atoms with E-state index in [0.717, 1.165) is 43.6 Å². The van der Waals surface area contributed by atoms with E-state index in [4.69, 9.17) is 0 Å². The molecule has 22 heavy (non-hydrogen) atoms. The van der Waals surface area contributed by atoms with E-state index in [0.29, 0.717) is 11.7 Å². The summed E-state index contributed by atoms with van der Waals surface area (Å²) in [6.07, 6.45) is 0. The van der Waals surface area contributed by atoms with E-state index < -0.39 is 0 Å². The zero-order valence-electron chi connectivity index (χ0n) is 11.0. The Bertz CT molecular complexity index is 742. The highest BCUT2D eigenvalue weighted by Crippen LogP contribution is 2.18. The van der Waals surface area contributed by atoms with E-state index in [9.17, 15) is 0 Å². The van der Waals surface area contributed by atoms with Gasteiger partial charge in [0.1, 0.15) is 12.1 Å². The first-order valence-electron chi connectivity index (χ1n) is 6.15. The van der Waals surface area contributed by atoms with Crippen LogP contribution in [0, 0.1) is 0 Å². The van der Waals surface area contributed by atoms with Crippen LogP contribution in [-0.4, -0.2) is 11.7 Å². The van der Waals surface area contributed by atoms with E-state index in [1.807, 2.05) is 48.5 Å². The van der Waals surface area contributed by atoms with Gasteiger partial charge >= 0.3 is 0 Å². The fourth-order valence-corrected chi connectivity index (χ4v) is 3.25. The number of hydrogen-bond donors (Lipinski definition) is 0. The number of halogens is 2. The molecule has 0 N–H and O–H groups in total. The first kappa shape index (κ1) is 15.8. The molecule has 8 heteroatoms. The van der Waals surface area contributed by atoms with Gasteiger partial charge in [0.05, 0.1) is 11.4 Å². The van der Waals surface area contributed by atoms with Crippen LogP contribution in [0.3, 0.4) is 0 Å². The molecule has 2 aromatic rings. The predicted octanol–water partition coefficient (Wildman–Crippen LogP) is 5.43. The van der Waals surface area contributed by atoms with Gasteiger partial charge in [0.25, 0.3) is 0 Å². The maximum Gasteiger partial charge on any atom is 0.183 e. The Balaban J connectivity index is 1.86. The average molecular weight is 456 g/mol. The van der Waals surface area contributed by atoms with Crippen molar-refractivity contribution in [3.63, 3.8) is 0 Å². The monoisotopic (exact) mass is 454 g/mol. The highest BCUT2D eigenvalue weighted by Gasteiger charge is 2.06. The second-order valence-electron chi connectivity index (χ2n) is 4.19. The highest BCUT2D eigenvalue weighted by atomic mass is 79.9. The third-order valence-corrected chi connectivity index (χ3v) is 4.79. The largest absolute Gasteiger partial charge is 0.183 e. The summed E-state index contributed by atoms with van der Waals surface area (Å²) in [6, 6.07) is 15.6. The summed E-state index contributed by atoms with van der Waals surface area (Å²) in [5, 5.41) is 0. The van der Waals surface area contributed by atoms with Crippen LogP contribution in [0.25, 0.3) is 0 Å². The SMILES string of the molecule is Brc1ccc(/C2=N/S/N=C(/c3ccc(Br)cc3)N=S=N2)cc1. The molecule has 0 saturated carbocycles. The quantitative estimate of drug-likeness (QED) is 0.556. The topological polar surface area (TPSA) is 49.4 Å². The second kappa shape index (κ2) is 7.45. The van der Waals surface area contributed by atoms with Crippen LogP contribution >= 0.6 is 44.0 Å². The lowest BCUT2D eigenvalue weighted by Gasteiger charge is -2.02. The van der Waals surface area contributed by atoms with Gasteiger partial charge in [-0.25, -0.2) is 0 Å². The lowest BCUT2D eigenvalue weighted by atomic mass is 10.2. The zero-order valence-corrected chi connectivity index (χ0v) is 15.8. The van der Waals surface area contributed by atoms with E-state index in [-0.39, 0.29) is 0 Å². The molecule has 0 unspecified atom stereocenters. The molecular weight excluding hydrogens is 448 g/mol. The van der Waals surface area contributed by atoms with Crippen molar-refractivity contribution in [2.24, 2.45) is 17.5 Å². The summed E-state index contributed by atoms with van der Waals surface area (Å²) in [6.45, 7) is 0. The molecule has 0 radical (unpaired) electrons. The molecule has 0 spiro atoms. The molecule has 0 fully saturated rings. The molecule has 110 valence electrons. The number of rotatable bonds is 2. The molecule has 1 heterocycles. The maximum atomic E-state index is 4.35. The zero-order chi connectivity index (χ0) is 15.4. The van der Waals surface area contributed by atoms with Gasteiger partial charge in [0.15, 0.2) is 11.7 Å². The van der Waals surface area contributed by atoms with Crippen molar-refractivity contribution in [3.8, 4) is 0 Å². The van der Waals surface area contributed by atoms with Gasteiger partial charge in [0, 0.05) is 20.1 Å². The summed E-state index contributed by atoms with van der Waals surface area (Å²) < 4.78 is 19.4. The second-order valence-corrected chi connectivity index (χ2v) is 7.08. The number of nitrogens with zero attached hydrogens (tertiary/aromatic N) is 4. The third kappa shape index (κ3) is 4.01. The van der Waals surface area contributed by atoms with Gasteiger partial charge in [-0.2, -0.15) is 17.5 Å². The Hall–Kier alpha value is -1.09. The Kier molecular flexibility index (Phi) is 5.35. The smallest absolute Gasteiger partial charge is 0.171 e. The van der Waals surface area contributed by atoms with Crippen LogP contribution < -0.4 is 0 Å². The minimum absolute atomic E-state index is 0.616. The molecule has 0 saturated heterocycles. The maximum absolute atomic E-state index is 4.35. The number of hydrogen-bond acceptors (Lipinski definition) is 5. The number of amidine groups is 2. The van der Waals surface area contributed by atoms with E-state index >= 15 is 0 Å². The highest BCUT2D eigenvalue weighted by molar-refractivity contribution is 9.10. The minimum Gasteiger partial charge on any atom is -0.171 e. The molecule has 1 aliphatic rings. The van der Waals surface area contributed by atoms with Crippen LogP contribution in [0.15, 0.2) is 75.0 Å². The third-order valence-electron chi connectivity index (χ3n) is 2.71. The van der Waals surface area contributed by atoms with Gasteiger partial charge in [-0.05, 0) is 24.3 Å². The molecule has 0 atom stereocenters. The van der Waals surface area contributed by atoms with Crippen LogP contribution in [-0.2, 0) is 11.4 Å². The van der Waals surface area contributed by atoms with Crippen molar-refractivity contribution < 1.29 is 0 Å². The van der Waals surface area contributed by atoms with Crippen molar-refractivity contribution in [1.82, 2.24) is 0 Å². The fourth-order valence-electron chi connectivity index (χ4n) is 1.64. The van der Waals surface area contributed by atoms with Gasteiger partial charge < -0.3 is 0 Å². The van der Waals surface area contributed by atoms with Crippen molar-refractivity contribution >= 4 is 67.0 Å². The molecule has 0 amide bonds. The normalized spacial score (nSPS) is 19.2. The van der Waals surface area contributed by atoms with E-state index in [1.54, 1.807) is 0 Å². The van der Waals surface area contributed by atoms with Gasteiger partial charge in [-0.3, -0.25) is 0 Å². The van der Waals surface area contributed by atoms with Gasteiger partial charge in [-0.1, -0.05) is 56.1 Å². The summed E-state index contributed by atoms with van der Waals surface area (Å²) >= 11 is 9.01. The standard InChI is InChI=1S/C14H8Br2N4S2/c15-11-5-1-9(2-6-11)13-17-21-19-14(20-22-18-13)10-3-7-12(16)8-4-10/h1-8H/b17-13-,19-14-. The summed E-state index contributed by atoms with van der Waals surface area (Å²) in [5.41, 5.74) is 1.86. The predicted molar refractivity (Wildman–Crippen MR) is 101 cm³/mol. The summed E-state index contributed by atoms with van der Waals surface area (Å²) in [7, 11) is 0. The van der Waals surface area contributed by atoms with Crippen LogP contribution in [0.1, 0.15) is 11.1 Å². The van der Waals surface area contributed by atoms with Crippen LogP contribution in [0.5, 0.6) is 0 Å². The van der Waals surface area contributed by atoms with E-state index in [1.165, 1.54) is 0 Å². The molecule has 0 aliphatic carbocycles. The van der Waals surface area contributed by atoms with Crippen LogP contribution in [0.2, 0.25) is 0 Å². The fraction of sp³-hybridized carbons (Fsp3) is 0. The number of benzene rings is 2. The Labute approximate surface area is 152 Å². The Morgan fingerprint density at radius 2 is 1.05 bits per heavy atom. The van der Waals surface area contributed by atoms with E-state index in [2.05, 4.69) is 49.4 Å². The molecule has 3 rings (SSSR count). The Morgan fingerprint density at radius 1 is 0.636 bits per heavy atom. The van der Waals surface area contributed by atoms with Crippen molar-refractivity contribution in [1.29, 1.82) is 0 Å². The molecule has 0 bridgehead atoms. The molecular formula is C14H8Br2N4S2. The molecule has 2 aromatic carbocycles. The average Bonchev–Trinajstić information content (AvgIpc) is 2.50. The Morgan fingerprint density at radius 3 is 1.45 bits per heavy atom. The molecule has 1 aliphatic heterocycles. The first-order valence-corrected chi connectivity index (χ1v) is 9.19. The molecule has 4 nitrogen and oxygen atoms in total. The van der Waals surface area contributed by atoms with Crippen molar-refractivity contribution in [3.05, 3.63) is 68.6 Å². The summed E-state index contributed by atoms with van der Waals surface area (Å²) in [5.74, 6) is 1.23. The lowest BCUT2D eigenvalue weighted by Crippen LogP contribution is -1.99. The first-order chi connectivity index (χ1) is 10.7. The van der Waals surface area contributed by atoms with Crippen molar-refractivity contribution in [2.75, 3.05) is 0 Å².